The minimum Gasteiger partial charge on any atom is -0.456 e. The quantitative estimate of drug-likeness (QED) is 0.255. The van der Waals surface area contributed by atoms with Crippen LogP contribution in [-0.2, 0) is 0 Å². The lowest BCUT2D eigenvalue weighted by atomic mass is 9.99. The molecule has 0 atom stereocenters. The number of aromatic nitrogens is 2. The fraction of sp³-hybridized carbons (Fsp3) is 0. The van der Waals surface area contributed by atoms with Crippen molar-refractivity contribution in [3.8, 4) is 45.0 Å². The molecule has 3 nitrogen and oxygen atoms in total. The van der Waals surface area contributed by atoms with Crippen LogP contribution >= 0.6 is 0 Å². The fourth-order valence-corrected chi connectivity index (χ4v) is 4.83. The number of benzene rings is 5. The molecule has 3 heteroatoms. The molecule has 0 unspecified atom stereocenters. The third-order valence-corrected chi connectivity index (χ3v) is 6.70. The van der Waals surface area contributed by atoms with Crippen molar-refractivity contribution in [3.05, 3.63) is 133 Å². The largest absolute Gasteiger partial charge is 0.456 e. The zero-order valence-electron chi connectivity index (χ0n) is 20.0. The van der Waals surface area contributed by atoms with E-state index in [4.69, 9.17) is 14.4 Å². The Morgan fingerprint density at radius 1 is 0.378 bits per heavy atom. The van der Waals surface area contributed by atoms with Crippen LogP contribution in [0.2, 0.25) is 0 Å². The monoisotopic (exact) mass is 474 g/mol. The van der Waals surface area contributed by atoms with Crippen LogP contribution in [0.5, 0.6) is 0 Å². The Morgan fingerprint density at radius 2 is 0.973 bits per heavy atom. The molecule has 0 bridgehead atoms. The number of hydrogen-bond donors (Lipinski definition) is 0. The van der Waals surface area contributed by atoms with Gasteiger partial charge in [0.05, 0.1) is 11.4 Å². The summed E-state index contributed by atoms with van der Waals surface area (Å²) >= 11 is 0. The van der Waals surface area contributed by atoms with Gasteiger partial charge in [-0.1, -0.05) is 103 Å². The molecule has 37 heavy (non-hydrogen) atoms. The average Bonchev–Trinajstić information content (AvgIpc) is 3.36. The predicted molar refractivity (Wildman–Crippen MR) is 151 cm³/mol. The molecule has 7 rings (SSSR count). The first kappa shape index (κ1) is 21.3. The van der Waals surface area contributed by atoms with E-state index in [1.807, 2.05) is 66.7 Å². The number of rotatable bonds is 4. The van der Waals surface area contributed by atoms with Crippen LogP contribution in [0, 0.1) is 0 Å². The maximum Gasteiger partial charge on any atom is 0.160 e. The van der Waals surface area contributed by atoms with E-state index >= 15 is 0 Å². The Kier molecular flexibility index (Phi) is 5.11. The summed E-state index contributed by atoms with van der Waals surface area (Å²) in [6.07, 6.45) is 0. The summed E-state index contributed by atoms with van der Waals surface area (Å²) in [5.41, 5.74) is 8.91. The molecular weight excluding hydrogens is 452 g/mol. The van der Waals surface area contributed by atoms with Gasteiger partial charge in [0, 0.05) is 27.5 Å². The van der Waals surface area contributed by atoms with Gasteiger partial charge in [-0.3, -0.25) is 0 Å². The second kappa shape index (κ2) is 8.89. The van der Waals surface area contributed by atoms with E-state index < -0.39 is 0 Å². The van der Waals surface area contributed by atoms with Crippen LogP contribution in [0.4, 0.5) is 0 Å². The number of furan rings is 1. The first-order valence-corrected chi connectivity index (χ1v) is 12.3. The lowest BCUT2D eigenvalue weighted by molar-refractivity contribution is 0.669. The lowest BCUT2D eigenvalue weighted by Gasteiger charge is -2.10. The maximum absolute atomic E-state index is 6.14. The molecule has 0 saturated heterocycles. The van der Waals surface area contributed by atoms with Crippen molar-refractivity contribution in [2.24, 2.45) is 0 Å². The smallest absolute Gasteiger partial charge is 0.160 e. The molecule has 0 saturated carbocycles. The normalized spacial score (nSPS) is 11.2. The summed E-state index contributed by atoms with van der Waals surface area (Å²) in [5.74, 6) is 0.714. The van der Waals surface area contributed by atoms with Crippen molar-refractivity contribution in [1.29, 1.82) is 0 Å². The van der Waals surface area contributed by atoms with Gasteiger partial charge in [-0.25, -0.2) is 9.97 Å². The first-order chi connectivity index (χ1) is 18.3. The Bertz CT molecular complexity index is 1810. The first-order valence-electron chi connectivity index (χ1n) is 12.3. The molecule has 174 valence electrons. The zero-order chi connectivity index (χ0) is 24.6. The van der Waals surface area contributed by atoms with Crippen molar-refractivity contribution < 1.29 is 4.42 Å². The second-order valence-corrected chi connectivity index (χ2v) is 9.08. The van der Waals surface area contributed by atoms with Crippen molar-refractivity contribution in [3.63, 3.8) is 0 Å². The molecule has 2 heterocycles. The van der Waals surface area contributed by atoms with Crippen LogP contribution in [0.3, 0.4) is 0 Å². The zero-order valence-corrected chi connectivity index (χ0v) is 20.0. The molecule has 0 amide bonds. The summed E-state index contributed by atoms with van der Waals surface area (Å²) in [6, 6.07) is 45.6. The maximum atomic E-state index is 6.14. The molecule has 0 spiro atoms. The van der Waals surface area contributed by atoms with Gasteiger partial charge in [0.1, 0.15) is 11.2 Å². The highest BCUT2D eigenvalue weighted by Gasteiger charge is 2.12. The third kappa shape index (κ3) is 3.97. The van der Waals surface area contributed by atoms with E-state index in [0.717, 1.165) is 61.1 Å². The molecule has 2 aromatic heterocycles. The molecule has 0 aliphatic rings. The van der Waals surface area contributed by atoms with Gasteiger partial charge in [-0.05, 0) is 41.5 Å². The van der Waals surface area contributed by atoms with Gasteiger partial charge < -0.3 is 4.42 Å². The summed E-state index contributed by atoms with van der Waals surface area (Å²) in [7, 11) is 0. The van der Waals surface area contributed by atoms with Gasteiger partial charge in [-0.2, -0.15) is 0 Å². The summed E-state index contributed by atoms with van der Waals surface area (Å²) < 4.78 is 6.14. The predicted octanol–water partition coefficient (Wildman–Crippen LogP) is 9.04. The Balaban J connectivity index is 1.35. The van der Waals surface area contributed by atoms with Gasteiger partial charge in [0.2, 0.25) is 0 Å². The van der Waals surface area contributed by atoms with Crippen LogP contribution in [0.25, 0.3) is 67.0 Å². The molecule has 0 radical (unpaired) electrons. The number of fused-ring (bicyclic) bond motifs is 3. The van der Waals surface area contributed by atoms with Crippen molar-refractivity contribution >= 4 is 21.9 Å². The van der Waals surface area contributed by atoms with Gasteiger partial charge in [-0.15, -0.1) is 0 Å². The van der Waals surface area contributed by atoms with Crippen molar-refractivity contribution in [2.45, 2.75) is 0 Å². The van der Waals surface area contributed by atoms with Crippen LogP contribution in [0.15, 0.2) is 138 Å². The van der Waals surface area contributed by atoms with Crippen LogP contribution < -0.4 is 0 Å². The highest BCUT2D eigenvalue weighted by molar-refractivity contribution is 6.05. The standard InChI is InChI=1S/C34H22N2O/c1-3-10-23(11-4-1)30-22-31(36-34(35-30)24-12-5-2-6-13-24)27-15-9-14-25(20-27)26-18-19-29-28-16-7-8-17-32(28)37-33(29)21-26/h1-22H. The Labute approximate surface area is 214 Å². The van der Waals surface area contributed by atoms with E-state index in [-0.39, 0.29) is 0 Å². The van der Waals surface area contributed by atoms with Gasteiger partial charge in [0.15, 0.2) is 5.82 Å². The Hall–Kier alpha value is -5.02. The molecule has 0 aliphatic carbocycles. The minimum absolute atomic E-state index is 0.714. The molecule has 7 aromatic rings. The molecule has 5 aromatic carbocycles. The summed E-state index contributed by atoms with van der Waals surface area (Å²) in [6.45, 7) is 0. The number of hydrogen-bond acceptors (Lipinski definition) is 3. The van der Waals surface area contributed by atoms with E-state index in [1.54, 1.807) is 0 Å². The average molecular weight is 475 g/mol. The Morgan fingerprint density at radius 3 is 1.78 bits per heavy atom. The van der Waals surface area contributed by atoms with E-state index in [9.17, 15) is 0 Å². The molecule has 0 N–H and O–H groups in total. The van der Waals surface area contributed by atoms with E-state index in [1.165, 1.54) is 0 Å². The summed E-state index contributed by atoms with van der Waals surface area (Å²) in [5, 5.41) is 2.27. The molecule has 0 aliphatic heterocycles. The van der Waals surface area contributed by atoms with Crippen molar-refractivity contribution in [1.82, 2.24) is 9.97 Å². The fourth-order valence-electron chi connectivity index (χ4n) is 4.83. The van der Waals surface area contributed by atoms with Crippen molar-refractivity contribution in [2.75, 3.05) is 0 Å². The SMILES string of the molecule is c1ccc(-c2cc(-c3cccc(-c4ccc5c(c4)oc4ccccc45)c3)nc(-c3ccccc3)n2)cc1. The summed E-state index contributed by atoms with van der Waals surface area (Å²) in [4.78, 5) is 9.89. The topological polar surface area (TPSA) is 38.9 Å². The van der Waals surface area contributed by atoms with Gasteiger partial charge >= 0.3 is 0 Å². The molecular formula is C34H22N2O. The van der Waals surface area contributed by atoms with E-state index in [2.05, 4.69) is 66.7 Å². The minimum atomic E-state index is 0.714. The highest BCUT2D eigenvalue weighted by atomic mass is 16.3. The molecule has 0 fully saturated rings. The van der Waals surface area contributed by atoms with Gasteiger partial charge in [0.25, 0.3) is 0 Å². The van der Waals surface area contributed by atoms with Crippen LogP contribution in [-0.4, -0.2) is 9.97 Å². The third-order valence-electron chi connectivity index (χ3n) is 6.70. The lowest BCUT2D eigenvalue weighted by Crippen LogP contribution is -1.96. The number of para-hydroxylation sites is 1. The second-order valence-electron chi connectivity index (χ2n) is 9.08. The highest BCUT2D eigenvalue weighted by Crippen LogP contribution is 2.34. The number of nitrogens with zero attached hydrogens (tertiary/aromatic N) is 2. The van der Waals surface area contributed by atoms with Crippen LogP contribution in [0.1, 0.15) is 0 Å². The van der Waals surface area contributed by atoms with E-state index in [0.29, 0.717) is 5.82 Å².